The molecule has 2 aromatic heterocycles. The van der Waals surface area contributed by atoms with Crippen molar-refractivity contribution in [2.45, 2.75) is 6.54 Å². The van der Waals surface area contributed by atoms with E-state index in [2.05, 4.69) is 25.5 Å². The molecule has 0 radical (unpaired) electrons. The van der Waals surface area contributed by atoms with E-state index in [1.807, 2.05) is 0 Å². The van der Waals surface area contributed by atoms with Gasteiger partial charge in [0.15, 0.2) is 5.15 Å². The fourth-order valence-corrected chi connectivity index (χ4v) is 1.08. The molecular formula is C8H8ClN5. The minimum Gasteiger partial charge on any atom is -0.361 e. The average molecular weight is 210 g/mol. The molecule has 0 aromatic carbocycles. The van der Waals surface area contributed by atoms with Gasteiger partial charge < -0.3 is 10.3 Å². The Morgan fingerprint density at radius 2 is 2.29 bits per heavy atom. The minimum atomic E-state index is 0.383. The zero-order valence-electron chi connectivity index (χ0n) is 7.24. The van der Waals surface area contributed by atoms with Crippen LogP contribution in [0.15, 0.2) is 24.5 Å². The monoisotopic (exact) mass is 209 g/mol. The molecule has 0 saturated heterocycles. The predicted octanol–water partition coefficient (Wildman–Crippen LogP) is 1.47. The Balaban J connectivity index is 1.95. The van der Waals surface area contributed by atoms with Gasteiger partial charge in [-0.15, -0.1) is 10.2 Å². The van der Waals surface area contributed by atoms with Gasteiger partial charge in [0.2, 0.25) is 0 Å². The van der Waals surface area contributed by atoms with Crippen molar-refractivity contribution in [2.24, 2.45) is 0 Å². The summed E-state index contributed by atoms with van der Waals surface area (Å²) >= 11 is 5.59. The molecule has 72 valence electrons. The average Bonchev–Trinajstić information content (AvgIpc) is 2.70. The van der Waals surface area contributed by atoms with E-state index in [-0.39, 0.29) is 0 Å². The summed E-state index contributed by atoms with van der Waals surface area (Å²) in [5, 5.41) is 11.0. The van der Waals surface area contributed by atoms with Crippen LogP contribution in [0.4, 0.5) is 5.82 Å². The number of nitrogens with zero attached hydrogens (tertiary/aromatic N) is 3. The lowest BCUT2D eigenvalue weighted by Crippen LogP contribution is -2.03. The van der Waals surface area contributed by atoms with Crippen LogP contribution in [0.25, 0.3) is 0 Å². The van der Waals surface area contributed by atoms with Crippen LogP contribution in [-0.4, -0.2) is 20.2 Å². The molecule has 2 heterocycles. The summed E-state index contributed by atoms with van der Waals surface area (Å²) in [6, 6.07) is 3.44. The van der Waals surface area contributed by atoms with Crippen LogP contribution >= 0.6 is 11.6 Å². The number of hydrogen-bond donors (Lipinski definition) is 2. The molecule has 0 bridgehead atoms. The Bertz CT molecular complexity index is 383. The molecule has 0 unspecified atom stereocenters. The van der Waals surface area contributed by atoms with Crippen molar-refractivity contribution in [1.29, 1.82) is 0 Å². The summed E-state index contributed by atoms with van der Waals surface area (Å²) in [6.07, 6.45) is 3.47. The molecule has 14 heavy (non-hydrogen) atoms. The number of rotatable bonds is 3. The largest absolute Gasteiger partial charge is 0.361 e. The maximum Gasteiger partial charge on any atom is 0.151 e. The fraction of sp³-hybridized carbons (Fsp3) is 0.125. The molecule has 0 aliphatic rings. The molecule has 2 N–H and O–H groups in total. The summed E-state index contributed by atoms with van der Waals surface area (Å²) < 4.78 is 0. The SMILES string of the molecule is Clc1ccc(NCc2ncc[nH]2)nn1. The minimum absolute atomic E-state index is 0.383. The highest BCUT2D eigenvalue weighted by molar-refractivity contribution is 6.29. The van der Waals surface area contributed by atoms with Gasteiger partial charge >= 0.3 is 0 Å². The normalized spacial score (nSPS) is 10.1. The van der Waals surface area contributed by atoms with Crippen LogP contribution in [0.1, 0.15) is 5.82 Å². The lowest BCUT2D eigenvalue weighted by atomic mass is 10.5. The maximum atomic E-state index is 5.59. The molecule has 0 atom stereocenters. The summed E-state index contributed by atoms with van der Waals surface area (Å²) in [5.41, 5.74) is 0. The number of imidazole rings is 1. The van der Waals surface area contributed by atoms with Crippen LogP contribution in [0.5, 0.6) is 0 Å². The van der Waals surface area contributed by atoms with Gasteiger partial charge in [0.05, 0.1) is 6.54 Å². The molecule has 0 amide bonds. The fourth-order valence-electron chi connectivity index (χ4n) is 0.979. The van der Waals surface area contributed by atoms with Crippen LogP contribution in [0.2, 0.25) is 5.15 Å². The lowest BCUT2D eigenvalue weighted by Gasteiger charge is -2.01. The first-order valence-electron chi connectivity index (χ1n) is 4.06. The van der Waals surface area contributed by atoms with E-state index >= 15 is 0 Å². The van der Waals surface area contributed by atoms with Gasteiger partial charge in [-0.05, 0) is 12.1 Å². The van der Waals surface area contributed by atoms with Gasteiger partial charge in [0, 0.05) is 12.4 Å². The zero-order chi connectivity index (χ0) is 9.80. The molecule has 5 nitrogen and oxygen atoms in total. The van der Waals surface area contributed by atoms with Crippen molar-refractivity contribution >= 4 is 17.4 Å². The topological polar surface area (TPSA) is 66.5 Å². The van der Waals surface area contributed by atoms with E-state index in [4.69, 9.17) is 11.6 Å². The Morgan fingerprint density at radius 3 is 2.93 bits per heavy atom. The molecule has 0 spiro atoms. The van der Waals surface area contributed by atoms with Gasteiger partial charge in [-0.25, -0.2) is 4.98 Å². The number of H-pyrrole nitrogens is 1. The first-order chi connectivity index (χ1) is 6.84. The third-order valence-corrected chi connectivity index (χ3v) is 1.83. The maximum absolute atomic E-state index is 5.59. The van der Waals surface area contributed by atoms with Crippen molar-refractivity contribution in [3.05, 3.63) is 35.5 Å². The van der Waals surface area contributed by atoms with Crippen LogP contribution in [0, 0.1) is 0 Å². The third-order valence-electron chi connectivity index (χ3n) is 1.62. The molecule has 2 rings (SSSR count). The second kappa shape index (κ2) is 4.06. The quantitative estimate of drug-likeness (QED) is 0.804. The van der Waals surface area contributed by atoms with Crippen molar-refractivity contribution < 1.29 is 0 Å². The lowest BCUT2D eigenvalue weighted by molar-refractivity contribution is 0.956. The molecule has 0 saturated carbocycles. The number of halogens is 1. The molecule has 0 fully saturated rings. The van der Waals surface area contributed by atoms with E-state index in [9.17, 15) is 0 Å². The summed E-state index contributed by atoms with van der Waals surface area (Å²) in [5.74, 6) is 1.52. The Kier molecular flexibility index (Phi) is 2.60. The van der Waals surface area contributed by atoms with Gasteiger partial charge in [-0.2, -0.15) is 0 Å². The highest BCUT2D eigenvalue weighted by Gasteiger charge is 1.96. The second-order valence-corrected chi connectivity index (χ2v) is 3.02. The Labute approximate surface area is 85.5 Å². The Morgan fingerprint density at radius 1 is 1.36 bits per heavy atom. The molecule has 2 aromatic rings. The van der Waals surface area contributed by atoms with E-state index in [1.54, 1.807) is 24.5 Å². The van der Waals surface area contributed by atoms with Crippen LogP contribution in [0.3, 0.4) is 0 Å². The number of aromatic nitrogens is 4. The first-order valence-corrected chi connectivity index (χ1v) is 4.44. The predicted molar refractivity (Wildman–Crippen MR) is 53.0 cm³/mol. The zero-order valence-corrected chi connectivity index (χ0v) is 7.99. The molecular weight excluding hydrogens is 202 g/mol. The Hall–Kier alpha value is -1.62. The molecule has 0 aliphatic carbocycles. The highest BCUT2D eigenvalue weighted by atomic mass is 35.5. The van der Waals surface area contributed by atoms with E-state index in [0.29, 0.717) is 17.5 Å². The van der Waals surface area contributed by atoms with E-state index < -0.39 is 0 Å². The number of hydrogen-bond acceptors (Lipinski definition) is 4. The second-order valence-electron chi connectivity index (χ2n) is 2.63. The van der Waals surface area contributed by atoms with E-state index in [0.717, 1.165) is 5.82 Å². The number of aromatic amines is 1. The number of anilines is 1. The van der Waals surface area contributed by atoms with Crippen molar-refractivity contribution in [1.82, 2.24) is 20.2 Å². The molecule has 6 heteroatoms. The van der Waals surface area contributed by atoms with Crippen molar-refractivity contribution in [3.8, 4) is 0 Å². The van der Waals surface area contributed by atoms with Gasteiger partial charge in [-0.3, -0.25) is 0 Å². The standard InChI is InChI=1S/C8H8ClN5/c9-6-1-2-7(14-13-6)12-5-8-10-3-4-11-8/h1-4H,5H2,(H,10,11)(H,12,14). The van der Waals surface area contributed by atoms with Gasteiger partial charge in [0.25, 0.3) is 0 Å². The smallest absolute Gasteiger partial charge is 0.151 e. The summed E-state index contributed by atoms with van der Waals surface area (Å²) in [6.45, 7) is 0.587. The van der Waals surface area contributed by atoms with Crippen molar-refractivity contribution in [2.75, 3.05) is 5.32 Å². The molecule has 0 aliphatic heterocycles. The highest BCUT2D eigenvalue weighted by Crippen LogP contribution is 2.06. The third kappa shape index (κ3) is 2.20. The van der Waals surface area contributed by atoms with Crippen LogP contribution in [-0.2, 0) is 6.54 Å². The van der Waals surface area contributed by atoms with E-state index in [1.165, 1.54) is 0 Å². The summed E-state index contributed by atoms with van der Waals surface area (Å²) in [4.78, 5) is 7.03. The van der Waals surface area contributed by atoms with Crippen molar-refractivity contribution in [3.63, 3.8) is 0 Å². The van der Waals surface area contributed by atoms with Gasteiger partial charge in [0.1, 0.15) is 11.6 Å². The number of nitrogens with one attached hydrogen (secondary N) is 2. The van der Waals surface area contributed by atoms with Crippen LogP contribution < -0.4 is 5.32 Å². The van der Waals surface area contributed by atoms with Gasteiger partial charge in [-0.1, -0.05) is 11.6 Å². The first kappa shape index (κ1) is 8.96. The summed E-state index contributed by atoms with van der Waals surface area (Å²) in [7, 11) is 0.